The Morgan fingerprint density at radius 3 is 2.75 bits per heavy atom. The van der Waals surface area contributed by atoms with Gasteiger partial charge in [0.2, 0.25) is 0 Å². The van der Waals surface area contributed by atoms with Gasteiger partial charge < -0.3 is 10.8 Å². The largest absolute Gasteiger partial charge is 0.392 e. The van der Waals surface area contributed by atoms with Crippen molar-refractivity contribution in [3.8, 4) is 0 Å². The summed E-state index contributed by atoms with van der Waals surface area (Å²) in [4.78, 5) is 0. The molecule has 3 heteroatoms. The van der Waals surface area contributed by atoms with E-state index >= 15 is 0 Å². The first kappa shape index (κ1) is 8.74. The van der Waals surface area contributed by atoms with E-state index in [4.69, 9.17) is 16.2 Å². The first-order valence-electron chi connectivity index (χ1n) is 3.70. The fourth-order valence-electron chi connectivity index (χ4n) is 1.15. The zero-order valence-corrected chi connectivity index (χ0v) is 6.96. The lowest BCUT2D eigenvalue weighted by Crippen LogP contribution is -2.13. The van der Waals surface area contributed by atoms with Crippen molar-refractivity contribution in [1.82, 2.24) is 0 Å². The van der Waals surface area contributed by atoms with Gasteiger partial charge in [0.05, 0.1) is 6.61 Å². The van der Waals surface area contributed by atoms with Crippen LogP contribution in [0.25, 0.3) is 0 Å². The van der Waals surface area contributed by atoms with E-state index in [1.54, 1.807) is 12.1 Å². The van der Waals surface area contributed by atoms with Gasteiger partial charge >= 0.3 is 0 Å². The van der Waals surface area contributed by atoms with Crippen molar-refractivity contribution in [3.63, 3.8) is 0 Å². The molecule has 0 bridgehead atoms. The molecule has 0 saturated heterocycles. The molecule has 0 spiro atoms. The Bertz CT molecular complexity index is 307. The van der Waals surface area contributed by atoms with Crippen LogP contribution in [-0.2, 0) is 6.61 Å². The summed E-state index contributed by atoms with van der Waals surface area (Å²) >= 11 is 0. The molecule has 0 amide bonds. The summed E-state index contributed by atoms with van der Waals surface area (Å²) in [5.41, 5.74) is 7.74. The van der Waals surface area contributed by atoms with Crippen molar-refractivity contribution in [2.24, 2.45) is 5.73 Å². The van der Waals surface area contributed by atoms with Gasteiger partial charge in [0.25, 0.3) is 0 Å². The van der Waals surface area contributed by atoms with Gasteiger partial charge in [-0.2, -0.15) is 0 Å². The lowest BCUT2D eigenvalue weighted by molar-refractivity contribution is 0.281. The Morgan fingerprint density at radius 2 is 2.25 bits per heavy atom. The predicted octanol–water partition coefficient (Wildman–Crippen LogP) is 0.771. The van der Waals surface area contributed by atoms with Crippen molar-refractivity contribution in [2.75, 3.05) is 0 Å². The Labute approximate surface area is 71.3 Å². The second-order valence-electron chi connectivity index (χ2n) is 2.66. The SMILES string of the molecule is Cc1c(CO)cccc1C(=N)N. The molecule has 0 aliphatic rings. The second kappa shape index (κ2) is 3.36. The molecule has 0 heterocycles. The lowest BCUT2D eigenvalue weighted by Gasteiger charge is -2.07. The van der Waals surface area contributed by atoms with Gasteiger partial charge in [-0.05, 0) is 18.1 Å². The van der Waals surface area contributed by atoms with Crippen LogP contribution in [-0.4, -0.2) is 10.9 Å². The summed E-state index contributed by atoms with van der Waals surface area (Å²) in [5, 5.41) is 16.2. The van der Waals surface area contributed by atoms with Gasteiger partial charge in [-0.3, -0.25) is 5.41 Å². The molecule has 1 rings (SSSR count). The van der Waals surface area contributed by atoms with Gasteiger partial charge in [-0.1, -0.05) is 18.2 Å². The van der Waals surface area contributed by atoms with Gasteiger partial charge in [-0.15, -0.1) is 0 Å². The highest BCUT2D eigenvalue weighted by Crippen LogP contribution is 2.12. The van der Waals surface area contributed by atoms with Crippen LogP contribution in [0.1, 0.15) is 16.7 Å². The number of rotatable bonds is 2. The highest BCUT2D eigenvalue weighted by Gasteiger charge is 2.04. The number of amidine groups is 1. The van der Waals surface area contributed by atoms with Crippen molar-refractivity contribution in [1.29, 1.82) is 5.41 Å². The third-order valence-electron chi connectivity index (χ3n) is 1.91. The number of aliphatic hydroxyl groups excluding tert-OH is 1. The predicted molar refractivity (Wildman–Crippen MR) is 48.1 cm³/mol. The fourth-order valence-corrected chi connectivity index (χ4v) is 1.15. The third-order valence-corrected chi connectivity index (χ3v) is 1.91. The standard InChI is InChI=1S/C9H12N2O/c1-6-7(5-12)3-2-4-8(6)9(10)11/h2-4,12H,5H2,1H3,(H3,10,11). The number of hydrogen-bond donors (Lipinski definition) is 3. The van der Waals surface area contributed by atoms with E-state index in [-0.39, 0.29) is 12.4 Å². The molecule has 12 heavy (non-hydrogen) atoms. The van der Waals surface area contributed by atoms with Gasteiger partial charge in [0.1, 0.15) is 5.84 Å². The molecule has 1 aromatic carbocycles. The summed E-state index contributed by atoms with van der Waals surface area (Å²) < 4.78 is 0. The molecule has 0 aliphatic heterocycles. The minimum atomic E-state index is -0.00699. The van der Waals surface area contributed by atoms with Crippen molar-refractivity contribution in [2.45, 2.75) is 13.5 Å². The smallest absolute Gasteiger partial charge is 0.123 e. The number of nitrogens with two attached hydrogens (primary N) is 1. The average Bonchev–Trinajstić information content (AvgIpc) is 2.04. The van der Waals surface area contributed by atoms with Crippen molar-refractivity contribution in [3.05, 3.63) is 34.9 Å². The Kier molecular flexibility index (Phi) is 2.45. The quantitative estimate of drug-likeness (QED) is 0.446. The maximum atomic E-state index is 8.91. The normalized spacial score (nSPS) is 9.83. The lowest BCUT2D eigenvalue weighted by atomic mass is 10.0. The summed E-state index contributed by atoms with van der Waals surface area (Å²) in [6.07, 6.45) is 0. The van der Waals surface area contributed by atoms with E-state index in [2.05, 4.69) is 0 Å². The summed E-state index contributed by atoms with van der Waals surface area (Å²) in [5.74, 6) is 0.0443. The van der Waals surface area contributed by atoms with E-state index in [1.165, 1.54) is 0 Å². The molecule has 0 aromatic heterocycles. The van der Waals surface area contributed by atoms with Crippen molar-refractivity contribution >= 4 is 5.84 Å². The van der Waals surface area contributed by atoms with Gasteiger partial charge in [0.15, 0.2) is 0 Å². The maximum absolute atomic E-state index is 8.91. The maximum Gasteiger partial charge on any atom is 0.123 e. The first-order valence-corrected chi connectivity index (χ1v) is 3.70. The highest BCUT2D eigenvalue weighted by molar-refractivity contribution is 5.96. The molecule has 1 aromatic rings. The van der Waals surface area contributed by atoms with Crippen LogP contribution in [0.3, 0.4) is 0 Å². The zero-order valence-electron chi connectivity index (χ0n) is 6.96. The summed E-state index contributed by atoms with van der Waals surface area (Å²) in [7, 11) is 0. The van der Waals surface area contributed by atoms with Crippen LogP contribution in [0.4, 0.5) is 0 Å². The van der Waals surface area contributed by atoms with E-state index in [1.807, 2.05) is 13.0 Å². The summed E-state index contributed by atoms with van der Waals surface area (Å²) in [6, 6.07) is 5.38. The molecule has 64 valence electrons. The van der Waals surface area contributed by atoms with E-state index in [9.17, 15) is 0 Å². The number of aliphatic hydroxyl groups is 1. The Hall–Kier alpha value is -1.35. The second-order valence-corrected chi connectivity index (χ2v) is 2.66. The monoisotopic (exact) mass is 164 g/mol. The van der Waals surface area contributed by atoms with Crippen LogP contribution in [0, 0.1) is 12.3 Å². The summed E-state index contributed by atoms with van der Waals surface area (Å²) in [6.45, 7) is 1.84. The molecular formula is C9H12N2O. The third kappa shape index (κ3) is 1.46. The molecule has 0 unspecified atom stereocenters. The number of nitrogens with one attached hydrogen (secondary N) is 1. The molecule has 0 atom stereocenters. The van der Waals surface area contributed by atoms with Gasteiger partial charge in [0, 0.05) is 5.56 Å². The van der Waals surface area contributed by atoms with E-state index in [0.29, 0.717) is 5.56 Å². The number of hydrogen-bond acceptors (Lipinski definition) is 2. The fraction of sp³-hybridized carbons (Fsp3) is 0.222. The minimum absolute atomic E-state index is 0.00699. The highest BCUT2D eigenvalue weighted by atomic mass is 16.3. The molecule has 0 saturated carbocycles. The van der Waals surface area contributed by atoms with Crippen molar-refractivity contribution < 1.29 is 5.11 Å². The molecule has 4 N–H and O–H groups in total. The van der Waals surface area contributed by atoms with Crippen LogP contribution < -0.4 is 5.73 Å². The van der Waals surface area contributed by atoms with E-state index in [0.717, 1.165) is 11.1 Å². The van der Waals surface area contributed by atoms with Crippen LogP contribution in [0.15, 0.2) is 18.2 Å². The number of benzene rings is 1. The van der Waals surface area contributed by atoms with E-state index < -0.39 is 0 Å². The van der Waals surface area contributed by atoms with Crippen LogP contribution in [0.5, 0.6) is 0 Å². The minimum Gasteiger partial charge on any atom is -0.392 e. The molecule has 0 aliphatic carbocycles. The number of nitrogen functional groups attached to an aromatic ring is 1. The molecule has 3 nitrogen and oxygen atoms in total. The Balaban J connectivity index is 3.23. The molecule has 0 radical (unpaired) electrons. The average molecular weight is 164 g/mol. The zero-order chi connectivity index (χ0) is 9.14. The molecule has 0 fully saturated rings. The van der Waals surface area contributed by atoms with Crippen LogP contribution in [0.2, 0.25) is 0 Å². The Morgan fingerprint density at radius 1 is 1.58 bits per heavy atom. The topological polar surface area (TPSA) is 70.1 Å². The van der Waals surface area contributed by atoms with Crippen LogP contribution >= 0.6 is 0 Å². The molecular weight excluding hydrogens is 152 g/mol. The van der Waals surface area contributed by atoms with Gasteiger partial charge in [-0.25, -0.2) is 0 Å². The first-order chi connectivity index (χ1) is 5.66.